The molecule has 20 heavy (non-hydrogen) atoms. The third-order valence-corrected chi connectivity index (χ3v) is 4.24. The molecule has 2 rings (SSSR count). The number of rotatable bonds is 5. The van der Waals surface area contributed by atoms with Crippen LogP contribution in [0.4, 0.5) is 5.69 Å². The molecule has 1 saturated heterocycles. The smallest absolute Gasteiger partial charge is 0.283 e. The summed E-state index contributed by atoms with van der Waals surface area (Å²) in [4.78, 5) is 24.2. The summed E-state index contributed by atoms with van der Waals surface area (Å²) in [5.41, 5.74) is 0.838. The van der Waals surface area contributed by atoms with Crippen LogP contribution in [0.1, 0.15) is 31.7 Å². The minimum Gasteiger partial charge on any atom is -0.338 e. The van der Waals surface area contributed by atoms with Crippen molar-refractivity contribution in [1.29, 1.82) is 0 Å². The lowest BCUT2D eigenvalue weighted by Crippen LogP contribution is -2.24. The van der Waals surface area contributed by atoms with Crippen molar-refractivity contribution in [3.63, 3.8) is 0 Å². The molecule has 1 atom stereocenters. The van der Waals surface area contributed by atoms with E-state index in [9.17, 15) is 14.9 Å². The summed E-state index contributed by atoms with van der Waals surface area (Å²) in [7, 11) is 0. The van der Waals surface area contributed by atoms with Gasteiger partial charge in [0.05, 0.1) is 9.40 Å². The molecule has 108 valence electrons. The van der Waals surface area contributed by atoms with Gasteiger partial charge in [-0.3, -0.25) is 14.9 Å². The van der Waals surface area contributed by atoms with Crippen molar-refractivity contribution in [1.82, 2.24) is 4.90 Å². The zero-order valence-electron chi connectivity index (χ0n) is 11.3. The summed E-state index contributed by atoms with van der Waals surface area (Å²) in [6.07, 6.45) is 2.74. The number of nitrogens with zero attached hydrogens (tertiary/aromatic N) is 2. The second kappa shape index (κ2) is 6.35. The Morgan fingerprint density at radius 3 is 2.90 bits per heavy atom. The fourth-order valence-electron chi connectivity index (χ4n) is 2.63. The molecule has 1 fully saturated rings. The molecular weight excluding hydrogens is 324 g/mol. The minimum absolute atomic E-state index is 0.0410. The van der Waals surface area contributed by atoms with Crippen LogP contribution in [0, 0.1) is 16.0 Å². The van der Waals surface area contributed by atoms with Crippen molar-refractivity contribution in [3.05, 3.63) is 38.3 Å². The molecule has 1 unspecified atom stereocenters. The first-order valence-electron chi connectivity index (χ1n) is 6.71. The Morgan fingerprint density at radius 2 is 2.25 bits per heavy atom. The molecule has 1 aromatic carbocycles. The van der Waals surface area contributed by atoms with Crippen LogP contribution in [0.25, 0.3) is 0 Å². The van der Waals surface area contributed by atoms with Crippen molar-refractivity contribution < 1.29 is 9.72 Å². The fraction of sp³-hybridized carbons (Fsp3) is 0.500. The highest BCUT2D eigenvalue weighted by Gasteiger charge is 2.29. The molecule has 1 aromatic rings. The third-order valence-electron chi connectivity index (χ3n) is 3.57. The van der Waals surface area contributed by atoms with E-state index in [-0.39, 0.29) is 11.6 Å². The normalized spacial score (nSPS) is 18.6. The molecule has 0 N–H and O–H groups in total. The molecule has 0 spiro atoms. The topological polar surface area (TPSA) is 63.5 Å². The Balaban J connectivity index is 2.09. The highest BCUT2D eigenvalue weighted by Crippen LogP contribution is 2.28. The van der Waals surface area contributed by atoms with Crippen molar-refractivity contribution in [3.8, 4) is 0 Å². The van der Waals surface area contributed by atoms with Gasteiger partial charge in [-0.25, -0.2) is 0 Å². The van der Waals surface area contributed by atoms with Gasteiger partial charge in [0.2, 0.25) is 5.91 Å². The molecule has 1 amide bonds. The van der Waals surface area contributed by atoms with Crippen molar-refractivity contribution >= 4 is 27.5 Å². The van der Waals surface area contributed by atoms with E-state index in [1.165, 1.54) is 6.07 Å². The predicted molar refractivity (Wildman–Crippen MR) is 79.2 cm³/mol. The largest absolute Gasteiger partial charge is 0.338 e. The van der Waals surface area contributed by atoms with Gasteiger partial charge >= 0.3 is 0 Å². The van der Waals surface area contributed by atoms with E-state index in [0.717, 1.165) is 24.9 Å². The second-order valence-corrected chi connectivity index (χ2v) is 6.03. The molecule has 0 saturated carbocycles. The van der Waals surface area contributed by atoms with Gasteiger partial charge in [-0.1, -0.05) is 19.4 Å². The van der Waals surface area contributed by atoms with Crippen LogP contribution in [0.2, 0.25) is 0 Å². The molecule has 1 aliphatic heterocycles. The van der Waals surface area contributed by atoms with E-state index in [2.05, 4.69) is 22.9 Å². The molecule has 6 heteroatoms. The first-order chi connectivity index (χ1) is 9.51. The molecule has 0 aromatic heterocycles. The Morgan fingerprint density at radius 1 is 1.50 bits per heavy atom. The van der Waals surface area contributed by atoms with Gasteiger partial charge in [0.15, 0.2) is 0 Å². The van der Waals surface area contributed by atoms with Crippen molar-refractivity contribution in [2.45, 2.75) is 32.7 Å². The SMILES string of the molecule is CCCC1CC(=O)N(Cc2ccc(Br)c([N+](=O)[O-])c2)C1. The first kappa shape index (κ1) is 15.0. The van der Waals surface area contributed by atoms with E-state index in [1.807, 2.05) is 6.07 Å². The van der Waals surface area contributed by atoms with Gasteiger partial charge in [-0.05, 0) is 39.9 Å². The van der Waals surface area contributed by atoms with Crippen molar-refractivity contribution in [2.75, 3.05) is 6.54 Å². The Kier molecular flexibility index (Phi) is 4.75. The third kappa shape index (κ3) is 3.36. The van der Waals surface area contributed by atoms with Gasteiger partial charge in [0, 0.05) is 25.6 Å². The molecule has 0 aliphatic carbocycles. The molecule has 1 heterocycles. The van der Waals surface area contributed by atoms with E-state index >= 15 is 0 Å². The lowest BCUT2D eigenvalue weighted by atomic mass is 10.0. The van der Waals surface area contributed by atoms with Crippen LogP contribution >= 0.6 is 15.9 Å². The number of amides is 1. The molecule has 5 nitrogen and oxygen atoms in total. The number of carbonyl (C=O) groups excluding carboxylic acids is 1. The van der Waals surface area contributed by atoms with Crippen LogP contribution in [0.3, 0.4) is 0 Å². The highest BCUT2D eigenvalue weighted by atomic mass is 79.9. The Hall–Kier alpha value is -1.43. The zero-order valence-corrected chi connectivity index (χ0v) is 12.9. The van der Waals surface area contributed by atoms with Crippen LogP contribution in [0.15, 0.2) is 22.7 Å². The Labute approximate surface area is 126 Å². The number of benzene rings is 1. The summed E-state index contributed by atoms with van der Waals surface area (Å²) in [5, 5.41) is 10.9. The summed E-state index contributed by atoms with van der Waals surface area (Å²) in [6, 6.07) is 5.01. The predicted octanol–water partition coefficient (Wildman–Crippen LogP) is 3.51. The molecule has 1 aliphatic rings. The van der Waals surface area contributed by atoms with E-state index in [1.54, 1.807) is 11.0 Å². The zero-order chi connectivity index (χ0) is 14.7. The number of carbonyl (C=O) groups is 1. The fourth-order valence-corrected chi connectivity index (χ4v) is 3.02. The van der Waals surface area contributed by atoms with E-state index in [4.69, 9.17) is 0 Å². The van der Waals surface area contributed by atoms with Crippen molar-refractivity contribution in [2.24, 2.45) is 5.92 Å². The van der Waals surface area contributed by atoms with E-state index in [0.29, 0.717) is 23.4 Å². The maximum absolute atomic E-state index is 11.9. The standard InChI is InChI=1S/C14H17BrN2O3/c1-2-3-10-7-14(18)16(8-10)9-11-4-5-12(15)13(6-11)17(19)20/h4-6,10H,2-3,7-9H2,1H3. The Bertz CT molecular complexity index is 533. The lowest BCUT2D eigenvalue weighted by molar-refractivity contribution is -0.385. The quantitative estimate of drug-likeness (QED) is 0.608. The number of hydrogen-bond donors (Lipinski definition) is 0. The summed E-state index contributed by atoms with van der Waals surface area (Å²) in [5.74, 6) is 0.576. The van der Waals surface area contributed by atoms with Crippen LogP contribution < -0.4 is 0 Å². The van der Waals surface area contributed by atoms with Gasteiger partial charge in [0.1, 0.15) is 0 Å². The highest BCUT2D eigenvalue weighted by molar-refractivity contribution is 9.10. The molecule has 0 radical (unpaired) electrons. The maximum Gasteiger partial charge on any atom is 0.283 e. The average molecular weight is 341 g/mol. The second-order valence-electron chi connectivity index (χ2n) is 5.18. The lowest BCUT2D eigenvalue weighted by Gasteiger charge is -2.16. The van der Waals surface area contributed by atoms with E-state index < -0.39 is 4.92 Å². The first-order valence-corrected chi connectivity index (χ1v) is 7.51. The molecule has 0 bridgehead atoms. The maximum atomic E-state index is 11.9. The monoisotopic (exact) mass is 340 g/mol. The summed E-state index contributed by atoms with van der Waals surface area (Å²) in [6.45, 7) is 3.33. The number of likely N-dealkylation sites (tertiary alicyclic amines) is 1. The van der Waals surface area contributed by atoms with Crippen LogP contribution in [0.5, 0.6) is 0 Å². The van der Waals surface area contributed by atoms with Gasteiger partial charge in [0.25, 0.3) is 5.69 Å². The van der Waals surface area contributed by atoms with Crippen LogP contribution in [-0.4, -0.2) is 22.3 Å². The number of nitro benzene ring substituents is 1. The average Bonchev–Trinajstić information content (AvgIpc) is 2.72. The summed E-state index contributed by atoms with van der Waals surface area (Å²) >= 11 is 3.16. The number of hydrogen-bond acceptors (Lipinski definition) is 3. The van der Waals surface area contributed by atoms with Gasteiger partial charge < -0.3 is 4.90 Å². The summed E-state index contributed by atoms with van der Waals surface area (Å²) < 4.78 is 0.461. The van der Waals surface area contributed by atoms with Gasteiger partial charge in [-0.2, -0.15) is 0 Å². The number of nitro groups is 1. The van der Waals surface area contributed by atoms with Gasteiger partial charge in [-0.15, -0.1) is 0 Å². The van der Waals surface area contributed by atoms with Crippen LogP contribution in [-0.2, 0) is 11.3 Å². The molecular formula is C14H17BrN2O3. The number of halogens is 1. The minimum atomic E-state index is -0.417.